The molecule has 0 amide bonds. The van der Waals surface area contributed by atoms with Crippen molar-refractivity contribution in [1.29, 1.82) is 0 Å². The van der Waals surface area contributed by atoms with Gasteiger partial charge in [0, 0.05) is 13.2 Å². The van der Waals surface area contributed by atoms with E-state index in [-0.39, 0.29) is 11.6 Å². The molecule has 0 aromatic carbocycles. The van der Waals surface area contributed by atoms with Gasteiger partial charge < -0.3 is 10.5 Å². The third-order valence-electron chi connectivity index (χ3n) is 4.57. The summed E-state index contributed by atoms with van der Waals surface area (Å²) in [6.07, 6.45) is 5.51. The minimum absolute atomic E-state index is 0.105. The fourth-order valence-corrected chi connectivity index (χ4v) is 3.61. The fourth-order valence-electron chi connectivity index (χ4n) is 2.92. The van der Waals surface area contributed by atoms with E-state index in [1.807, 2.05) is 7.11 Å². The van der Waals surface area contributed by atoms with Gasteiger partial charge >= 0.3 is 0 Å². The number of rotatable bonds is 4. The molecule has 1 heterocycles. The van der Waals surface area contributed by atoms with Crippen molar-refractivity contribution in [2.75, 3.05) is 7.11 Å². The molecule has 1 saturated carbocycles. The van der Waals surface area contributed by atoms with Gasteiger partial charge in [0.05, 0.1) is 5.60 Å². The van der Waals surface area contributed by atoms with E-state index >= 15 is 0 Å². The van der Waals surface area contributed by atoms with Crippen molar-refractivity contribution < 1.29 is 4.74 Å². The molecule has 1 aromatic rings. The van der Waals surface area contributed by atoms with E-state index in [1.54, 1.807) is 11.3 Å². The van der Waals surface area contributed by atoms with E-state index in [2.05, 4.69) is 30.7 Å². The van der Waals surface area contributed by atoms with Crippen LogP contribution in [0.25, 0.3) is 0 Å². The minimum atomic E-state index is -0.114. The van der Waals surface area contributed by atoms with Crippen molar-refractivity contribution in [2.24, 2.45) is 11.1 Å². The summed E-state index contributed by atoms with van der Waals surface area (Å²) >= 11 is 1.74. The molecule has 1 aromatic heterocycles. The first-order chi connectivity index (χ1) is 8.47. The van der Waals surface area contributed by atoms with Crippen LogP contribution in [0.5, 0.6) is 0 Å². The summed E-state index contributed by atoms with van der Waals surface area (Å²) in [5, 5.41) is 4.31. The van der Waals surface area contributed by atoms with Crippen LogP contribution < -0.4 is 5.73 Å². The smallest absolute Gasteiger partial charge is 0.0832 e. The standard InChI is InChI=1S/C15H25NOS/c1-14(2)5-7-15(17-3,8-6-14)13(16)10-12-4-9-18-11-12/h4,9,11,13H,5-8,10,16H2,1-3H3. The van der Waals surface area contributed by atoms with Gasteiger partial charge in [-0.2, -0.15) is 11.3 Å². The molecule has 1 atom stereocenters. The summed E-state index contributed by atoms with van der Waals surface area (Å²) in [5.41, 5.74) is 8.13. The second-order valence-electron chi connectivity index (χ2n) is 6.38. The molecule has 3 heteroatoms. The molecule has 102 valence electrons. The summed E-state index contributed by atoms with van der Waals surface area (Å²) in [6, 6.07) is 2.27. The van der Waals surface area contributed by atoms with Gasteiger partial charge in [0.15, 0.2) is 0 Å². The molecule has 0 radical (unpaired) electrons. The lowest BCUT2D eigenvalue weighted by Crippen LogP contribution is -2.53. The first-order valence-corrected chi connectivity index (χ1v) is 7.74. The quantitative estimate of drug-likeness (QED) is 0.904. The zero-order chi connectivity index (χ0) is 13.2. The van der Waals surface area contributed by atoms with Crippen LogP contribution in [0, 0.1) is 5.41 Å². The summed E-state index contributed by atoms with van der Waals surface area (Å²) in [4.78, 5) is 0. The maximum absolute atomic E-state index is 6.45. The average Bonchev–Trinajstić information content (AvgIpc) is 2.82. The Morgan fingerprint density at radius 1 is 1.33 bits per heavy atom. The average molecular weight is 267 g/mol. The van der Waals surface area contributed by atoms with E-state index in [0.29, 0.717) is 5.41 Å². The van der Waals surface area contributed by atoms with Crippen molar-refractivity contribution in [3.8, 4) is 0 Å². The third-order valence-corrected chi connectivity index (χ3v) is 5.30. The Balaban J connectivity index is 2.03. The van der Waals surface area contributed by atoms with E-state index in [1.165, 1.54) is 18.4 Å². The zero-order valence-corrected chi connectivity index (χ0v) is 12.6. The molecule has 0 spiro atoms. The Hall–Kier alpha value is -0.380. The summed E-state index contributed by atoms with van der Waals surface area (Å²) in [7, 11) is 1.83. The fraction of sp³-hybridized carbons (Fsp3) is 0.733. The van der Waals surface area contributed by atoms with Crippen molar-refractivity contribution in [3.63, 3.8) is 0 Å². The van der Waals surface area contributed by atoms with Crippen LogP contribution in [0.4, 0.5) is 0 Å². The van der Waals surface area contributed by atoms with Crippen LogP contribution in [0.15, 0.2) is 16.8 Å². The van der Waals surface area contributed by atoms with Gasteiger partial charge in [-0.05, 0) is 59.9 Å². The normalized spacial score (nSPS) is 23.8. The summed E-state index contributed by atoms with van der Waals surface area (Å²) < 4.78 is 5.86. The number of methoxy groups -OCH3 is 1. The number of hydrogen-bond acceptors (Lipinski definition) is 3. The molecular weight excluding hydrogens is 242 g/mol. The minimum Gasteiger partial charge on any atom is -0.377 e. The van der Waals surface area contributed by atoms with Gasteiger partial charge in [-0.15, -0.1) is 0 Å². The first kappa shape index (κ1) is 14.0. The highest BCUT2D eigenvalue weighted by molar-refractivity contribution is 7.07. The van der Waals surface area contributed by atoms with Gasteiger partial charge in [0.1, 0.15) is 0 Å². The maximum Gasteiger partial charge on any atom is 0.0832 e. The molecule has 0 bridgehead atoms. The molecule has 0 aliphatic heterocycles. The van der Waals surface area contributed by atoms with E-state index < -0.39 is 0 Å². The largest absolute Gasteiger partial charge is 0.377 e. The van der Waals surface area contributed by atoms with Crippen molar-refractivity contribution in [3.05, 3.63) is 22.4 Å². The molecule has 2 N–H and O–H groups in total. The predicted octanol–water partition coefficient (Wildman–Crippen LogP) is 3.60. The highest BCUT2D eigenvalue weighted by Gasteiger charge is 2.42. The van der Waals surface area contributed by atoms with Crippen LogP contribution in [-0.4, -0.2) is 18.8 Å². The third kappa shape index (κ3) is 2.95. The second-order valence-corrected chi connectivity index (χ2v) is 7.16. The predicted molar refractivity (Wildman–Crippen MR) is 78.0 cm³/mol. The first-order valence-electron chi connectivity index (χ1n) is 6.79. The summed E-state index contributed by atoms with van der Waals surface area (Å²) in [6.45, 7) is 4.69. The SMILES string of the molecule is COC1(C(N)Cc2ccsc2)CCC(C)(C)CC1. The molecule has 1 aliphatic carbocycles. The highest BCUT2D eigenvalue weighted by atomic mass is 32.1. The molecule has 1 aliphatic rings. The highest BCUT2D eigenvalue weighted by Crippen LogP contribution is 2.43. The monoisotopic (exact) mass is 267 g/mol. The Kier molecular flexibility index (Phi) is 4.15. The van der Waals surface area contributed by atoms with Crippen LogP contribution >= 0.6 is 11.3 Å². The molecule has 2 rings (SSSR count). The lowest BCUT2D eigenvalue weighted by Gasteiger charge is -2.46. The lowest BCUT2D eigenvalue weighted by molar-refractivity contribution is -0.0781. The molecule has 1 fully saturated rings. The Labute approximate surface area is 115 Å². The van der Waals surface area contributed by atoms with Crippen LogP contribution in [0.3, 0.4) is 0 Å². The van der Waals surface area contributed by atoms with Gasteiger partial charge in [-0.25, -0.2) is 0 Å². The Morgan fingerprint density at radius 2 is 2.00 bits per heavy atom. The van der Waals surface area contributed by atoms with Gasteiger partial charge in [-0.3, -0.25) is 0 Å². The summed E-state index contributed by atoms with van der Waals surface area (Å²) in [5.74, 6) is 0. The van der Waals surface area contributed by atoms with Gasteiger partial charge in [0.2, 0.25) is 0 Å². The topological polar surface area (TPSA) is 35.2 Å². The molecule has 18 heavy (non-hydrogen) atoms. The van der Waals surface area contributed by atoms with Crippen molar-refractivity contribution >= 4 is 11.3 Å². The maximum atomic E-state index is 6.45. The zero-order valence-electron chi connectivity index (χ0n) is 11.7. The van der Waals surface area contributed by atoms with E-state index in [0.717, 1.165) is 19.3 Å². The van der Waals surface area contributed by atoms with E-state index in [4.69, 9.17) is 10.5 Å². The van der Waals surface area contributed by atoms with Gasteiger partial charge in [-0.1, -0.05) is 13.8 Å². The Morgan fingerprint density at radius 3 is 2.50 bits per heavy atom. The molecule has 0 saturated heterocycles. The second kappa shape index (κ2) is 5.32. The number of thiophene rings is 1. The number of hydrogen-bond donors (Lipinski definition) is 1. The number of nitrogens with two attached hydrogens (primary N) is 1. The van der Waals surface area contributed by atoms with Gasteiger partial charge in [0.25, 0.3) is 0 Å². The van der Waals surface area contributed by atoms with Crippen molar-refractivity contribution in [1.82, 2.24) is 0 Å². The van der Waals surface area contributed by atoms with Crippen LogP contribution in [0.2, 0.25) is 0 Å². The lowest BCUT2D eigenvalue weighted by atomic mass is 9.68. The Bertz CT molecular complexity index is 362. The van der Waals surface area contributed by atoms with Crippen LogP contribution in [-0.2, 0) is 11.2 Å². The number of ether oxygens (including phenoxy) is 1. The van der Waals surface area contributed by atoms with Crippen molar-refractivity contribution in [2.45, 2.75) is 57.6 Å². The molecule has 2 nitrogen and oxygen atoms in total. The molecular formula is C15H25NOS. The van der Waals surface area contributed by atoms with E-state index in [9.17, 15) is 0 Å². The van der Waals surface area contributed by atoms with Crippen LogP contribution in [0.1, 0.15) is 45.1 Å². The molecule has 1 unspecified atom stereocenters.